The number of hydrogen-bond acceptors (Lipinski definition) is 12. The summed E-state index contributed by atoms with van der Waals surface area (Å²) in [6, 6.07) is -5.62. The molecule has 4 saturated carbocycles. The second-order valence-corrected chi connectivity index (χ2v) is 31.5. The van der Waals surface area contributed by atoms with Gasteiger partial charge in [-0.15, -0.1) is 0 Å². The van der Waals surface area contributed by atoms with Gasteiger partial charge in [0.15, 0.2) is 0 Å². The third kappa shape index (κ3) is 21.8. The van der Waals surface area contributed by atoms with Gasteiger partial charge >= 0.3 is 6.18 Å². The van der Waals surface area contributed by atoms with Crippen LogP contribution in [0, 0.1) is 29.6 Å². The lowest BCUT2D eigenvalue weighted by atomic mass is 9.81. The second kappa shape index (κ2) is 37.3. The number of likely N-dealkylation sites (tertiary alicyclic amines) is 1. The molecule has 3 N–H and O–H groups in total. The number of carbonyl (C=O) groups excluding carboxylic acids is 12. The van der Waals surface area contributed by atoms with Crippen molar-refractivity contribution in [1.82, 2.24) is 60.0 Å². The molecule has 8 atom stereocenters. The molecule has 6 fully saturated rings. The molecular weight excluding hydrogens is 1350 g/mol. The molecule has 1 aromatic rings. The van der Waals surface area contributed by atoms with Crippen molar-refractivity contribution in [2.45, 2.75) is 249 Å². The van der Waals surface area contributed by atoms with Crippen LogP contribution in [0.1, 0.15) is 199 Å². The third-order valence-electron chi connectivity index (χ3n) is 22.9. The van der Waals surface area contributed by atoms with Gasteiger partial charge in [-0.3, -0.25) is 57.5 Å². The van der Waals surface area contributed by atoms with Crippen molar-refractivity contribution >= 4 is 82.5 Å². The van der Waals surface area contributed by atoms with Crippen LogP contribution in [-0.2, 0) is 70.1 Å². The standard InChI is InChI=1S/C75H116ClF3N12O12/c1-13-48(4)64-71(101)85(7)45-62(94)83(5)46-63(95)87(9)58(42-49-25-17-14-18-26-49)69(99)84(6)44-60(92)80-55(34-32-50-31-33-53(54(76)40-50)75(77,78)79)68(98)88(10)57(41-51-29-30-51)67(97)82-74(35-21-22-36-74)73(103)90(12)65(52-27-19-15-20-28-52)72(102)89(11)59(70(100)91-37-23-16-24-38-91)43-61(93)86(8)56(39-47(2)3)66(96)81-64/h31,33,40,47-49,51-52,55-59,64-65H,13-30,32,34-39,41-46H2,1-12H3,(H,80,92)(H,81,96)(H,82,97)/t48-,55-,56-,57-,58-,59-,64-,65-/m0/s1. The summed E-state index contributed by atoms with van der Waals surface area (Å²) in [7, 11) is 11.5. The molecule has 1 aromatic carbocycles. The molecule has 103 heavy (non-hydrogen) atoms. The van der Waals surface area contributed by atoms with E-state index in [9.17, 15) is 41.9 Å². The van der Waals surface area contributed by atoms with Crippen molar-refractivity contribution in [1.29, 1.82) is 0 Å². The van der Waals surface area contributed by atoms with Gasteiger partial charge in [0.2, 0.25) is 70.9 Å². The van der Waals surface area contributed by atoms with Crippen molar-refractivity contribution in [3.8, 4) is 0 Å². The van der Waals surface area contributed by atoms with E-state index in [0.717, 1.165) is 97.5 Å². The lowest BCUT2D eigenvalue weighted by Crippen LogP contribution is -2.65. The number of rotatable bonds is 13. The van der Waals surface area contributed by atoms with Gasteiger partial charge in [0.05, 0.1) is 36.6 Å². The Hall–Kier alpha value is -7.06. The lowest BCUT2D eigenvalue weighted by Gasteiger charge is -2.43. The van der Waals surface area contributed by atoms with Crippen LogP contribution >= 0.6 is 11.6 Å². The summed E-state index contributed by atoms with van der Waals surface area (Å²) in [5.74, 6) is -8.76. The molecule has 28 heteroatoms. The highest BCUT2D eigenvalue weighted by Gasteiger charge is 2.51. The number of piperidine rings is 1. The van der Waals surface area contributed by atoms with Crippen LogP contribution in [0.5, 0.6) is 0 Å². The van der Waals surface area contributed by atoms with Crippen molar-refractivity contribution < 1.29 is 70.7 Å². The number of amides is 12. The predicted octanol–water partition coefficient (Wildman–Crippen LogP) is 7.06. The molecule has 6 aliphatic rings. The molecule has 0 radical (unpaired) electrons. The van der Waals surface area contributed by atoms with E-state index in [4.69, 9.17) is 11.6 Å². The van der Waals surface area contributed by atoms with Crippen molar-refractivity contribution in [3.05, 3.63) is 34.3 Å². The number of aryl methyl sites for hydroxylation is 1. The summed E-state index contributed by atoms with van der Waals surface area (Å²) in [6.07, 6.45) is 8.19. The second-order valence-electron chi connectivity index (χ2n) is 31.1. The first kappa shape index (κ1) is 83.2. The van der Waals surface area contributed by atoms with Crippen molar-refractivity contribution in [2.24, 2.45) is 29.6 Å². The van der Waals surface area contributed by atoms with E-state index in [-0.39, 0.29) is 62.7 Å². The molecule has 0 aromatic heterocycles. The summed E-state index contributed by atoms with van der Waals surface area (Å²) in [5.41, 5.74) is -2.36. The predicted molar refractivity (Wildman–Crippen MR) is 383 cm³/mol. The zero-order chi connectivity index (χ0) is 75.9. The Morgan fingerprint density at radius 2 is 1.15 bits per heavy atom. The molecule has 4 aliphatic carbocycles. The van der Waals surface area contributed by atoms with E-state index >= 15 is 28.8 Å². The van der Waals surface area contributed by atoms with Gasteiger partial charge in [-0.1, -0.05) is 129 Å². The molecule has 12 amide bonds. The highest BCUT2D eigenvalue weighted by Crippen LogP contribution is 2.40. The summed E-state index contributed by atoms with van der Waals surface area (Å²) in [5, 5.41) is 8.25. The smallest absolute Gasteiger partial charge is 0.343 e. The minimum atomic E-state index is -4.76. The minimum absolute atomic E-state index is 0.00659. The van der Waals surface area contributed by atoms with E-state index in [1.54, 1.807) is 11.8 Å². The van der Waals surface area contributed by atoms with E-state index in [1.807, 2.05) is 20.8 Å². The van der Waals surface area contributed by atoms with Gasteiger partial charge in [-0.2, -0.15) is 13.2 Å². The molecule has 2 saturated heterocycles. The van der Waals surface area contributed by atoms with E-state index in [0.29, 0.717) is 63.6 Å². The molecule has 2 heterocycles. The number of nitrogens with one attached hydrogen (secondary N) is 3. The first-order valence-electron chi connectivity index (χ1n) is 37.7. The fourth-order valence-corrected chi connectivity index (χ4v) is 16.2. The first-order valence-corrected chi connectivity index (χ1v) is 38.1. The maximum absolute atomic E-state index is 15.9. The highest BCUT2D eigenvalue weighted by atomic mass is 35.5. The number of hydrogen-bond donors (Lipinski definition) is 3. The Balaban J connectivity index is 1.31. The largest absolute Gasteiger partial charge is 0.417 e. The van der Waals surface area contributed by atoms with Gasteiger partial charge < -0.3 is 60.0 Å². The van der Waals surface area contributed by atoms with Crippen molar-refractivity contribution in [2.75, 3.05) is 89.1 Å². The van der Waals surface area contributed by atoms with E-state index in [1.165, 1.54) is 86.9 Å². The molecule has 24 nitrogen and oxygen atoms in total. The van der Waals surface area contributed by atoms with Crippen LogP contribution in [0.25, 0.3) is 0 Å². The zero-order valence-electron chi connectivity index (χ0n) is 63.0. The number of halogens is 4. The Kier molecular flexibility index (Phi) is 30.1. The quantitative estimate of drug-likeness (QED) is 0.179. The Morgan fingerprint density at radius 1 is 0.583 bits per heavy atom. The van der Waals surface area contributed by atoms with Crippen LogP contribution in [0.2, 0.25) is 5.02 Å². The normalized spacial score (nSPS) is 26.7. The molecule has 1 spiro atoms. The van der Waals surface area contributed by atoms with Crippen LogP contribution < -0.4 is 16.0 Å². The van der Waals surface area contributed by atoms with Crippen LogP contribution in [0.4, 0.5) is 13.2 Å². The number of alkyl halides is 3. The fraction of sp³-hybridized carbons (Fsp3) is 0.760. The molecule has 0 bridgehead atoms. The Labute approximate surface area is 612 Å². The van der Waals surface area contributed by atoms with Gasteiger partial charge in [0.25, 0.3) is 0 Å². The minimum Gasteiger partial charge on any atom is -0.343 e. The number of likely N-dealkylation sites (N-methyl/N-ethyl adjacent to an activating group) is 8. The number of benzene rings is 1. The number of nitrogens with zero attached hydrogens (tertiary/aromatic N) is 9. The van der Waals surface area contributed by atoms with Crippen molar-refractivity contribution in [3.63, 3.8) is 0 Å². The average molecular weight is 1470 g/mol. The highest BCUT2D eigenvalue weighted by molar-refractivity contribution is 6.31. The van der Waals surface area contributed by atoms with Gasteiger partial charge in [-0.05, 0) is 124 Å². The average Bonchev–Trinajstić information content (AvgIpc) is 1.76. The molecule has 0 unspecified atom stereocenters. The molecule has 7 rings (SSSR count). The topological polar surface area (TPSA) is 270 Å². The monoisotopic (exact) mass is 1470 g/mol. The molecular formula is C75H116ClF3N12O12. The Morgan fingerprint density at radius 3 is 1.73 bits per heavy atom. The van der Waals surface area contributed by atoms with Crippen LogP contribution in [0.15, 0.2) is 18.2 Å². The lowest BCUT2D eigenvalue weighted by molar-refractivity contribution is -0.157. The maximum atomic E-state index is 15.9. The van der Waals surface area contributed by atoms with E-state index < -0.39 is 173 Å². The van der Waals surface area contributed by atoms with Gasteiger partial charge in [0, 0.05) is 69.5 Å². The maximum Gasteiger partial charge on any atom is 0.417 e. The van der Waals surface area contributed by atoms with Crippen LogP contribution in [-0.4, -0.2) is 252 Å². The summed E-state index contributed by atoms with van der Waals surface area (Å²) in [6.45, 7) is 6.42. The third-order valence-corrected chi connectivity index (χ3v) is 23.2. The molecule has 576 valence electrons. The SMILES string of the molecule is CC[C@H](C)[C@@H]1NC(=O)[C@H](CC(C)C)N(C)C(=O)C[C@@H](C(=O)N2CCCCC2)N(C)C(=O)[C@H](C2CCCCC2)N(C)C(=O)C2(CCCC2)NC(=O)[C@H](CC2CC2)N(C)C(=O)[C@H](CCc2ccc(C(F)(F)F)c(Cl)c2)NC(=O)CN(C)C(=O)[C@H](CC2CCCCC2)N(C)C(=O)CN(C)C(=O)CN(C)C1=O. The van der Waals surface area contributed by atoms with Gasteiger partial charge in [0.1, 0.15) is 47.8 Å². The zero-order valence-corrected chi connectivity index (χ0v) is 63.8. The summed E-state index contributed by atoms with van der Waals surface area (Å²) in [4.78, 5) is 192. The fourth-order valence-electron chi connectivity index (χ4n) is 15.9. The first-order chi connectivity index (χ1) is 48.6. The number of carbonyl (C=O) groups is 12. The summed E-state index contributed by atoms with van der Waals surface area (Å²) < 4.78 is 41.8. The Bertz CT molecular complexity index is 3190. The van der Waals surface area contributed by atoms with Crippen LogP contribution in [0.3, 0.4) is 0 Å². The van der Waals surface area contributed by atoms with Gasteiger partial charge in [-0.25, -0.2) is 0 Å². The van der Waals surface area contributed by atoms with E-state index in [2.05, 4.69) is 16.0 Å². The summed E-state index contributed by atoms with van der Waals surface area (Å²) >= 11 is 6.19. The molecule has 2 aliphatic heterocycles.